The standard InChI is InChI=1S/C10H12BrNO2/c1-6-3-9(13)7(4-8(6)11)10(14)5-12-2/h3-4,12-13H,5H2,1-2H3. The zero-order valence-electron chi connectivity index (χ0n) is 8.10. The number of Topliss-reactive ketones (excluding diaryl/α,β-unsaturated/α-hetero) is 1. The average molecular weight is 258 g/mol. The van der Waals surface area contributed by atoms with Crippen LogP contribution in [-0.4, -0.2) is 24.5 Å². The van der Waals surface area contributed by atoms with Crippen LogP contribution in [0.4, 0.5) is 0 Å². The number of aromatic hydroxyl groups is 1. The molecular formula is C10H12BrNO2. The molecule has 1 rings (SSSR count). The topological polar surface area (TPSA) is 49.3 Å². The highest BCUT2D eigenvalue weighted by Gasteiger charge is 2.11. The molecule has 0 fully saturated rings. The summed E-state index contributed by atoms with van der Waals surface area (Å²) in [6, 6.07) is 3.22. The molecule has 2 N–H and O–H groups in total. The molecule has 0 unspecified atom stereocenters. The first-order chi connectivity index (χ1) is 6.56. The smallest absolute Gasteiger partial charge is 0.180 e. The van der Waals surface area contributed by atoms with Crippen molar-refractivity contribution in [2.75, 3.05) is 13.6 Å². The van der Waals surface area contributed by atoms with Gasteiger partial charge in [-0.2, -0.15) is 0 Å². The summed E-state index contributed by atoms with van der Waals surface area (Å²) >= 11 is 3.32. The van der Waals surface area contributed by atoms with Crippen LogP contribution in [0.1, 0.15) is 15.9 Å². The fraction of sp³-hybridized carbons (Fsp3) is 0.300. The van der Waals surface area contributed by atoms with E-state index in [-0.39, 0.29) is 18.1 Å². The molecule has 76 valence electrons. The zero-order valence-corrected chi connectivity index (χ0v) is 9.68. The number of rotatable bonds is 3. The SMILES string of the molecule is CNCC(=O)c1cc(Br)c(C)cc1O. The second-order valence-corrected chi connectivity index (χ2v) is 3.93. The maximum atomic E-state index is 11.5. The molecule has 1 aromatic rings. The highest BCUT2D eigenvalue weighted by Crippen LogP contribution is 2.26. The number of hydrogen-bond donors (Lipinski definition) is 2. The van der Waals surface area contributed by atoms with Gasteiger partial charge in [-0.3, -0.25) is 4.79 Å². The van der Waals surface area contributed by atoms with Gasteiger partial charge in [-0.1, -0.05) is 15.9 Å². The summed E-state index contributed by atoms with van der Waals surface area (Å²) < 4.78 is 0.828. The van der Waals surface area contributed by atoms with Crippen LogP contribution < -0.4 is 5.32 Å². The van der Waals surface area contributed by atoms with Crippen LogP contribution in [0.15, 0.2) is 16.6 Å². The third kappa shape index (κ3) is 2.33. The molecule has 0 heterocycles. The minimum atomic E-state index is -0.120. The summed E-state index contributed by atoms with van der Waals surface area (Å²) in [6.07, 6.45) is 0. The lowest BCUT2D eigenvalue weighted by molar-refractivity contribution is 0.0991. The quantitative estimate of drug-likeness (QED) is 0.813. The third-order valence-corrected chi connectivity index (χ3v) is 2.77. The summed E-state index contributed by atoms with van der Waals surface area (Å²) in [6.45, 7) is 2.08. The Hall–Kier alpha value is -0.870. The van der Waals surface area contributed by atoms with Crippen molar-refractivity contribution in [3.63, 3.8) is 0 Å². The molecule has 0 aliphatic rings. The zero-order chi connectivity index (χ0) is 10.7. The Morgan fingerprint density at radius 2 is 2.21 bits per heavy atom. The average Bonchev–Trinajstić information content (AvgIpc) is 2.11. The Kier molecular flexibility index (Phi) is 3.66. The molecule has 3 nitrogen and oxygen atoms in total. The Labute approximate surface area is 91.3 Å². The Morgan fingerprint density at radius 3 is 2.79 bits per heavy atom. The highest BCUT2D eigenvalue weighted by atomic mass is 79.9. The van der Waals surface area contributed by atoms with Crippen LogP contribution in [0.5, 0.6) is 5.75 Å². The van der Waals surface area contributed by atoms with Crippen LogP contribution in [0.2, 0.25) is 0 Å². The van der Waals surface area contributed by atoms with Gasteiger partial charge >= 0.3 is 0 Å². The number of carbonyl (C=O) groups is 1. The minimum absolute atomic E-state index is 0.0333. The molecule has 14 heavy (non-hydrogen) atoms. The highest BCUT2D eigenvalue weighted by molar-refractivity contribution is 9.10. The fourth-order valence-electron chi connectivity index (χ4n) is 1.15. The molecule has 0 saturated heterocycles. The van der Waals surface area contributed by atoms with Crippen molar-refractivity contribution in [2.24, 2.45) is 0 Å². The van der Waals surface area contributed by atoms with Gasteiger partial charge in [-0.25, -0.2) is 0 Å². The van der Waals surface area contributed by atoms with E-state index in [1.165, 1.54) is 0 Å². The summed E-state index contributed by atoms with van der Waals surface area (Å²) in [5, 5.41) is 12.3. The van der Waals surface area contributed by atoms with Crippen LogP contribution in [-0.2, 0) is 0 Å². The lowest BCUT2D eigenvalue weighted by Crippen LogP contribution is -2.18. The number of carbonyl (C=O) groups excluding carboxylic acids is 1. The second kappa shape index (κ2) is 4.57. The fourth-order valence-corrected chi connectivity index (χ4v) is 1.49. The molecule has 0 saturated carbocycles. The summed E-state index contributed by atoms with van der Waals surface area (Å²) in [4.78, 5) is 11.5. The summed E-state index contributed by atoms with van der Waals surface area (Å²) in [7, 11) is 1.69. The van der Waals surface area contributed by atoms with Crippen LogP contribution in [0.3, 0.4) is 0 Å². The Morgan fingerprint density at radius 1 is 1.57 bits per heavy atom. The van der Waals surface area contributed by atoms with Gasteiger partial charge < -0.3 is 10.4 Å². The predicted molar refractivity (Wildman–Crippen MR) is 58.8 cm³/mol. The molecule has 0 aromatic heterocycles. The first-order valence-electron chi connectivity index (χ1n) is 4.23. The normalized spacial score (nSPS) is 10.2. The Balaban J connectivity index is 3.09. The number of benzene rings is 1. The van der Waals surface area contributed by atoms with E-state index in [1.54, 1.807) is 19.2 Å². The number of phenols is 1. The van der Waals surface area contributed by atoms with Gasteiger partial charge in [0.2, 0.25) is 0 Å². The molecule has 0 radical (unpaired) electrons. The predicted octanol–water partition coefficient (Wildman–Crippen LogP) is 1.87. The number of aryl methyl sites for hydroxylation is 1. The number of hydrogen-bond acceptors (Lipinski definition) is 3. The second-order valence-electron chi connectivity index (χ2n) is 3.07. The van der Waals surface area contributed by atoms with Crippen LogP contribution >= 0.6 is 15.9 Å². The molecule has 0 amide bonds. The van der Waals surface area contributed by atoms with E-state index in [1.807, 2.05) is 6.92 Å². The van der Waals surface area contributed by atoms with Gasteiger partial charge in [0.25, 0.3) is 0 Å². The molecule has 0 aliphatic carbocycles. The summed E-state index contributed by atoms with van der Waals surface area (Å²) in [5.41, 5.74) is 1.25. The van der Waals surface area contributed by atoms with Crippen molar-refractivity contribution in [3.8, 4) is 5.75 Å². The van der Waals surface area contributed by atoms with Gasteiger partial charge in [-0.15, -0.1) is 0 Å². The molecule has 0 aliphatic heterocycles. The lowest BCUT2D eigenvalue weighted by Gasteiger charge is -2.06. The first-order valence-corrected chi connectivity index (χ1v) is 5.02. The van der Waals surface area contributed by atoms with Gasteiger partial charge in [0.05, 0.1) is 12.1 Å². The van der Waals surface area contributed by atoms with E-state index in [2.05, 4.69) is 21.2 Å². The summed E-state index contributed by atoms with van der Waals surface area (Å²) in [5.74, 6) is -0.0864. The van der Waals surface area contributed by atoms with E-state index in [9.17, 15) is 9.90 Å². The molecular weight excluding hydrogens is 246 g/mol. The van der Waals surface area contributed by atoms with E-state index in [0.29, 0.717) is 5.56 Å². The van der Waals surface area contributed by atoms with Gasteiger partial charge in [-0.05, 0) is 31.7 Å². The molecule has 0 bridgehead atoms. The van der Waals surface area contributed by atoms with Crippen LogP contribution in [0.25, 0.3) is 0 Å². The number of halogens is 1. The third-order valence-electron chi connectivity index (χ3n) is 1.91. The minimum Gasteiger partial charge on any atom is -0.507 e. The maximum absolute atomic E-state index is 11.5. The van der Waals surface area contributed by atoms with Crippen molar-refractivity contribution in [3.05, 3.63) is 27.7 Å². The van der Waals surface area contributed by atoms with Crippen molar-refractivity contribution in [1.29, 1.82) is 0 Å². The monoisotopic (exact) mass is 257 g/mol. The number of nitrogens with one attached hydrogen (secondary N) is 1. The van der Waals surface area contributed by atoms with E-state index >= 15 is 0 Å². The van der Waals surface area contributed by atoms with Crippen molar-refractivity contribution in [1.82, 2.24) is 5.32 Å². The number of phenolic OH excluding ortho intramolecular Hbond substituents is 1. The molecule has 0 atom stereocenters. The lowest BCUT2D eigenvalue weighted by atomic mass is 10.1. The van der Waals surface area contributed by atoms with Gasteiger partial charge in [0.15, 0.2) is 5.78 Å². The largest absolute Gasteiger partial charge is 0.507 e. The Bertz CT molecular complexity index is 363. The maximum Gasteiger partial charge on any atom is 0.180 e. The van der Waals surface area contributed by atoms with Crippen molar-refractivity contribution < 1.29 is 9.90 Å². The van der Waals surface area contributed by atoms with Crippen molar-refractivity contribution >= 4 is 21.7 Å². The van der Waals surface area contributed by atoms with E-state index in [4.69, 9.17) is 0 Å². The van der Waals surface area contributed by atoms with E-state index < -0.39 is 0 Å². The number of likely N-dealkylation sites (N-methyl/N-ethyl adjacent to an activating group) is 1. The van der Waals surface area contributed by atoms with Crippen molar-refractivity contribution in [2.45, 2.75) is 6.92 Å². The first kappa shape index (κ1) is 11.2. The molecule has 1 aromatic carbocycles. The number of ketones is 1. The van der Waals surface area contributed by atoms with E-state index in [0.717, 1.165) is 10.0 Å². The van der Waals surface area contributed by atoms with Gasteiger partial charge in [0, 0.05) is 4.47 Å². The molecule has 4 heteroatoms. The van der Waals surface area contributed by atoms with Crippen LogP contribution in [0, 0.1) is 6.92 Å². The van der Waals surface area contributed by atoms with Gasteiger partial charge in [0.1, 0.15) is 5.75 Å². The molecule has 0 spiro atoms.